The summed E-state index contributed by atoms with van der Waals surface area (Å²) in [5.41, 5.74) is 7.14. The molecular formula is C57H61N15O8. The van der Waals surface area contributed by atoms with Crippen molar-refractivity contribution in [3.8, 4) is 0 Å². The van der Waals surface area contributed by atoms with Crippen molar-refractivity contribution in [2.45, 2.75) is 52.4 Å². The van der Waals surface area contributed by atoms with Gasteiger partial charge < -0.3 is 53.2 Å². The van der Waals surface area contributed by atoms with E-state index in [2.05, 4.69) is 31.2 Å². The number of fused-ring (bicyclic) bond motifs is 1. The summed E-state index contributed by atoms with van der Waals surface area (Å²) in [5.74, 6) is -1.68. The Balaban J connectivity index is 0.721. The molecule has 0 unspecified atom stereocenters. The summed E-state index contributed by atoms with van der Waals surface area (Å²) in [7, 11) is 12.0. The Morgan fingerprint density at radius 1 is 0.575 bits per heavy atom. The molecule has 9 rings (SSSR count). The predicted molar refractivity (Wildman–Crippen MR) is 297 cm³/mol. The van der Waals surface area contributed by atoms with E-state index in [1.165, 1.54) is 33.7 Å². The van der Waals surface area contributed by atoms with Crippen LogP contribution in [-0.2, 0) is 79.8 Å². The minimum atomic E-state index is -0.576. The lowest BCUT2D eigenvalue weighted by Gasteiger charge is -2.11. The van der Waals surface area contributed by atoms with Crippen LogP contribution in [0, 0.1) is 5.92 Å². The van der Waals surface area contributed by atoms with Crippen LogP contribution in [0.4, 0.5) is 22.9 Å². The first-order valence-electron chi connectivity index (χ1n) is 25.8. The molecule has 1 aliphatic rings. The van der Waals surface area contributed by atoms with Crippen LogP contribution in [0.15, 0.2) is 97.0 Å². The number of carbonyl (C=O) groups is 8. The number of Topliss-reactive ketones (excluding diaryl/α,β-unsaturated/α-hetero) is 4. The molecular weight excluding hydrogens is 1020 g/mol. The van der Waals surface area contributed by atoms with Crippen LogP contribution in [0.25, 0.3) is 0 Å². The topological polar surface area (TPSA) is 270 Å². The van der Waals surface area contributed by atoms with E-state index >= 15 is 0 Å². The summed E-state index contributed by atoms with van der Waals surface area (Å²) < 4.78 is 11.4. The average molecular weight is 1080 g/mol. The third-order valence-electron chi connectivity index (χ3n) is 14.0. The van der Waals surface area contributed by atoms with Crippen LogP contribution in [0.5, 0.6) is 0 Å². The normalized spacial score (nSPS) is 12.2. The van der Waals surface area contributed by atoms with Crippen molar-refractivity contribution in [2.75, 3.05) is 22.5 Å². The Labute approximate surface area is 459 Å². The highest BCUT2D eigenvalue weighted by atomic mass is 16.2. The van der Waals surface area contributed by atoms with Gasteiger partial charge >= 0.3 is 0 Å². The first-order valence-corrected chi connectivity index (χ1v) is 25.8. The van der Waals surface area contributed by atoms with Crippen molar-refractivity contribution in [2.24, 2.45) is 60.2 Å². The Hall–Kier alpha value is -9.80. The van der Waals surface area contributed by atoms with E-state index in [1.807, 2.05) is 36.9 Å². The molecule has 23 heteroatoms. The maximum Gasteiger partial charge on any atom is 0.292 e. The Morgan fingerprint density at radius 2 is 1.20 bits per heavy atom. The molecule has 1 aromatic carbocycles. The van der Waals surface area contributed by atoms with Gasteiger partial charge in [0.2, 0.25) is 5.82 Å². The predicted octanol–water partition coefficient (Wildman–Crippen LogP) is 5.69. The zero-order valence-corrected chi connectivity index (χ0v) is 45.9. The fourth-order valence-corrected chi connectivity index (χ4v) is 9.75. The molecule has 7 aromatic heterocycles. The van der Waals surface area contributed by atoms with E-state index in [4.69, 9.17) is 9.98 Å². The van der Waals surface area contributed by atoms with Crippen LogP contribution < -0.4 is 21.3 Å². The number of nitrogens with zero attached hydrogens (tertiary/aromatic N) is 11. The average Bonchev–Trinajstić information content (AvgIpc) is 4.31. The number of aromatic nitrogens is 10. The summed E-state index contributed by atoms with van der Waals surface area (Å²) in [4.78, 5) is 123. The molecule has 412 valence electrons. The van der Waals surface area contributed by atoms with Gasteiger partial charge in [0.05, 0.1) is 46.3 Å². The minimum absolute atomic E-state index is 0.0107. The number of rotatable bonds is 22. The van der Waals surface area contributed by atoms with Gasteiger partial charge in [0.25, 0.3) is 23.6 Å². The fraction of sp³-hybridized carbons (Fsp3) is 0.298. The van der Waals surface area contributed by atoms with E-state index in [-0.39, 0.29) is 77.8 Å². The van der Waals surface area contributed by atoms with Crippen LogP contribution in [0.2, 0.25) is 0 Å². The van der Waals surface area contributed by atoms with Crippen LogP contribution in [-0.4, -0.2) is 106 Å². The molecule has 0 fully saturated rings. The van der Waals surface area contributed by atoms with E-state index in [0.29, 0.717) is 64.7 Å². The number of nitrogens with one attached hydrogen (secondary N) is 4. The van der Waals surface area contributed by atoms with E-state index in [9.17, 15) is 38.4 Å². The van der Waals surface area contributed by atoms with Crippen LogP contribution in [0.3, 0.4) is 0 Å². The maximum absolute atomic E-state index is 13.7. The number of aryl methyl sites for hydroxylation is 7. The number of ketones is 4. The molecule has 0 aliphatic carbocycles. The number of hydrogen-bond donors (Lipinski definition) is 4. The molecule has 4 amide bonds. The highest BCUT2D eigenvalue weighted by Gasteiger charge is 2.26. The van der Waals surface area contributed by atoms with E-state index in [0.717, 1.165) is 22.5 Å². The zero-order valence-electron chi connectivity index (χ0n) is 45.9. The molecule has 1 atom stereocenters. The van der Waals surface area contributed by atoms with Gasteiger partial charge in [-0.1, -0.05) is 13.8 Å². The van der Waals surface area contributed by atoms with Crippen molar-refractivity contribution in [3.05, 3.63) is 160 Å². The van der Waals surface area contributed by atoms with Crippen LogP contribution >= 0.6 is 0 Å². The van der Waals surface area contributed by atoms with Crippen LogP contribution in [0.1, 0.15) is 128 Å². The van der Waals surface area contributed by atoms with Gasteiger partial charge in [-0.15, -0.1) is 0 Å². The number of carbonyl (C=O) groups excluding carboxylic acids is 8. The van der Waals surface area contributed by atoms with Gasteiger partial charge in [-0.3, -0.25) is 38.4 Å². The summed E-state index contributed by atoms with van der Waals surface area (Å²) in [5, 5.41) is 11.0. The Kier molecular flexibility index (Phi) is 15.6. The molecule has 1 aliphatic heterocycles. The Morgan fingerprint density at radius 3 is 1.86 bits per heavy atom. The standard InChI is InChI=1S/C57H61N15O8/c1-10-46(73)42-17-34(27-67(42)4)20-48(75)35-11-12-40-36(21-35)22-41(63-40)51-60-39(30-71(51)8)25-49(76)43-18-33(26-68(43)5)19-47(74)32(2)13-14-59-54(77)44-23-37(28-69(44)6)61-55(78)45-24-38(29-70(45)7)62-57(80)53-64-50(31-72(53)9)65-56(79)52-58-15-16-66(52)3/h11-12,15-18,21,23-24,26-32H,10,13-14,19-20,22,25H2,1-9H3,(H,59,77)(H,61,78)(H,62,80)(H,65,79)/t32-/m1/s1. The second-order valence-electron chi connectivity index (χ2n) is 20.2. The van der Waals surface area contributed by atoms with Crippen molar-refractivity contribution in [1.82, 2.24) is 52.2 Å². The lowest BCUT2D eigenvalue weighted by atomic mass is 9.97. The van der Waals surface area contributed by atoms with E-state index < -0.39 is 29.5 Å². The Bertz CT molecular complexity index is 3850. The van der Waals surface area contributed by atoms with Gasteiger partial charge in [0.1, 0.15) is 17.2 Å². The molecule has 8 heterocycles. The molecule has 0 radical (unpaired) electrons. The molecule has 0 spiro atoms. The molecule has 0 saturated carbocycles. The molecule has 4 N–H and O–H groups in total. The highest BCUT2D eigenvalue weighted by molar-refractivity contribution is 6.08. The second kappa shape index (κ2) is 22.7. The SMILES string of the molecule is CCC(=O)c1cc(CC(=O)c2ccc3c(c2)CC(c2nc(CC(=O)c4cc(CC(=O)[C@H](C)CCNC(=O)c5cc(NC(=O)c6cc(NC(=O)c7nc(NC(=O)c8nccn8C)cn7C)cn6C)cn5C)cn4C)cn2C)=N3)cn1C. The highest BCUT2D eigenvalue weighted by Crippen LogP contribution is 2.31. The summed E-state index contributed by atoms with van der Waals surface area (Å²) in [6, 6.07) is 12.0. The van der Waals surface area contributed by atoms with Gasteiger partial charge in [-0.2, -0.15) is 0 Å². The van der Waals surface area contributed by atoms with Gasteiger partial charge in [0.15, 0.2) is 34.8 Å². The maximum atomic E-state index is 13.7. The van der Waals surface area contributed by atoms with Gasteiger partial charge in [-0.25, -0.2) is 19.9 Å². The van der Waals surface area contributed by atoms with Crippen molar-refractivity contribution in [3.63, 3.8) is 0 Å². The lowest BCUT2D eigenvalue weighted by Crippen LogP contribution is -2.28. The number of anilines is 3. The van der Waals surface area contributed by atoms with Crippen molar-refractivity contribution >= 4 is 75.4 Å². The largest absolute Gasteiger partial charge is 0.351 e. The molecule has 0 bridgehead atoms. The van der Waals surface area contributed by atoms with Crippen molar-refractivity contribution < 1.29 is 38.4 Å². The summed E-state index contributed by atoms with van der Waals surface area (Å²) in [6.45, 7) is 3.81. The quantitative estimate of drug-likeness (QED) is 0.0599. The monoisotopic (exact) mass is 1080 g/mol. The first kappa shape index (κ1) is 55.0. The third kappa shape index (κ3) is 11.9. The number of hydrogen-bond acceptors (Lipinski definition) is 12. The number of benzene rings is 1. The summed E-state index contributed by atoms with van der Waals surface area (Å²) in [6.07, 6.45) is 14.7. The molecule has 0 saturated heterocycles. The van der Waals surface area contributed by atoms with Crippen molar-refractivity contribution in [1.29, 1.82) is 0 Å². The molecule has 80 heavy (non-hydrogen) atoms. The third-order valence-corrected chi connectivity index (χ3v) is 14.0. The molecule has 8 aromatic rings. The lowest BCUT2D eigenvalue weighted by molar-refractivity contribution is -0.121. The minimum Gasteiger partial charge on any atom is -0.351 e. The fourth-order valence-electron chi connectivity index (χ4n) is 9.75. The number of aliphatic imine (C=N–C) groups is 1. The zero-order chi connectivity index (χ0) is 57.3. The van der Waals surface area contributed by atoms with Gasteiger partial charge in [0, 0.05) is 143 Å². The number of amides is 4. The summed E-state index contributed by atoms with van der Waals surface area (Å²) >= 11 is 0. The molecule has 23 nitrogen and oxygen atoms in total. The first-order chi connectivity index (χ1) is 38.1. The number of imidazole rings is 3. The van der Waals surface area contributed by atoms with E-state index in [1.54, 1.807) is 117 Å². The second-order valence-corrected chi connectivity index (χ2v) is 20.2. The van der Waals surface area contributed by atoms with Gasteiger partial charge in [-0.05, 0) is 65.6 Å². The smallest absolute Gasteiger partial charge is 0.292 e.